The Hall–Kier alpha value is -2.26. The zero-order valence-electron chi connectivity index (χ0n) is 17.4. The lowest BCUT2D eigenvalue weighted by Gasteiger charge is -2.30. The van der Waals surface area contributed by atoms with Gasteiger partial charge in [-0.05, 0) is 45.0 Å². The maximum atomic E-state index is 15.3. The van der Waals surface area contributed by atoms with Crippen molar-refractivity contribution in [3.8, 4) is 0 Å². The van der Waals surface area contributed by atoms with E-state index in [9.17, 15) is 4.79 Å². The quantitative estimate of drug-likeness (QED) is 0.506. The predicted octanol–water partition coefficient (Wildman–Crippen LogP) is 3.00. The minimum Gasteiger partial charge on any atom is -0.394 e. The number of carbonyl (C=O) groups is 1. The number of hydrogen-bond donors (Lipinski definition) is 1. The number of nitrogens with one attached hydrogen (secondary N) is 1. The van der Waals surface area contributed by atoms with Crippen molar-refractivity contribution in [2.24, 2.45) is 0 Å². The molecule has 0 saturated carbocycles. The monoisotopic (exact) mass is 407 g/mol. The topological polar surface area (TPSA) is 55.5 Å². The molecule has 1 amide bonds. The summed E-state index contributed by atoms with van der Waals surface area (Å²) in [4.78, 5) is 12.2. The Morgan fingerprint density at radius 3 is 2.59 bits per heavy atom. The molecule has 1 N–H and O–H groups in total. The van der Waals surface area contributed by atoms with E-state index in [-0.39, 0.29) is 25.3 Å². The highest BCUT2D eigenvalue weighted by Gasteiger charge is 2.52. The summed E-state index contributed by atoms with van der Waals surface area (Å²) in [5, 5.41) is 2.75. The number of halogens is 2. The largest absolute Gasteiger partial charge is 0.737 e. The van der Waals surface area contributed by atoms with Crippen molar-refractivity contribution in [1.29, 1.82) is 0 Å². The first-order valence-corrected chi connectivity index (χ1v) is 10.0. The van der Waals surface area contributed by atoms with Gasteiger partial charge in [-0.1, -0.05) is 0 Å². The van der Waals surface area contributed by atoms with Gasteiger partial charge in [-0.15, -0.1) is 0 Å². The Morgan fingerprint density at radius 2 is 1.93 bits per heavy atom. The zero-order chi connectivity index (χ0) is 21.2. The van der Waals surface area contributed by atoms with E-state index in [0.29, 0.717) is 36.0 Å². The lowest BCUT2D eigenvalue weighted by atomic mass is 9.90. The van der Waals surface area contributed by atoms with Crippen molar-refractivity contribution in [3.63, 3.8) is 0 Å². The number of hydrogen-bond acceptors (Lipinski definition) is 3. The zero-order valence-corrected chi connectivity index (χ0v) is 17.4. The molecule has 6 nitrogen and oxygen atoms in total. The Labute approximate surface area is 169 Å². The van der Waals surface area contributed by atoms with Crippen LogP contribution in [-0.2, 0) is 14.3 Å². The van der Waals surface area contributed by atoms with Gasteiger partial charge in [0.25, 0.3) is 0 Å². The van der Waals surface area contributed by atoms with Crippen molar-refractivity contribution < 1.29 is 27.4 Å². The smallest absolute Gasteiger partial charge is 0.394 e. The molecule has 158 valence electrons. The molecule has 2 aliphatic rings. The second-order valence-corrected chi connectivity index (χ2v) is 7.22. The Kier molecular flexibility index (Phi) is 6.38. The number of rotatable bonds is 9. The minimum atomic E-state index is -4.00. The molecule has 3 rings (SSSR count). The Balaban J connectivity index is 1.70. The highest BCUT2D eigenvalue weighted by Crippen LogP contribution is 2.34. The maximum Gasteiger partial charge on any atom is 0.737 e. The van der Waals surface area contributed by atoms with E-state index in [1.807, 2.05) is 20.8 Å². The second kappa shape index (κ2) is 8.63. The van der Waals surface area contributed by atoms with Crippen LogP contribution in [-0.4, -0.2) is 53.6 Å². The van der Waals surface area contributed by atoms with E-state index in [2.05, 4.69) is 5.32 Å². The summed E-state index contributed by atoms with van der Waals surface area (Å²) in [5.74, 6) is -0.228. The Bertz CT molecular complexity index is 884. The minimum absolute atomic E-state index is 0.108. The van der Waals surface area contributed by atoms with E-state index in [1.165, 1.54) is 0 Å². The fourth-order valence-electron chi connectivity index (χ4n) is 3.96. The van der Waals surface area contributed by atoms with Crippen LogP contribution in [0.4, 0.5) is 8.63 Å². The average Bonchev–Trinajstić information content (AvgIpc) is 3.20. The van der Waals surface area contributed by atoms with Crippen LogP contribution in [0, 0.1) is 13.8 Å². The molecule has 1 aromatic rings. The number of allylic oxidation sites excluding steroid dienone is 2. The van der Waals surface area contributed by atoms with Crippen molar-refractivity contribution in [2.45, 2.75) is 46.8 Å². The van der Waals surface area contributed by atoms with Gasteiger partial charge in [0.15, 0.2) is 12.0 Å². The van der Waals surface area contributed by atoms with Gasteiger partial charge in [0, 0.05) is 50.0 Å². The number of nitrogens with zero attached hydrogens (tertiary/aromatic N) is 2. The van der Waals surface area contributed by atoms with Crippen LogP contribution in [0.2, 0.25) is 0 Å². The van der Waals surface area contributed by atoms with E-state index in [4.69, 9.17) is 9.47 Å². The Morgan fingerprint density at radius 1 is 1.24 bits per heavy atom. The van der Waals surface area contributed by atoms with E-state index in [0.717, 1.165) is 14.5 Å². The van der Waals surface area contributed by atoms with Crippen LogP contribution >= 0.6 is 0 Å². The average molecular weight is 407 g/mol. The first-order valence-electron chi connectivity index (χ1n) is 10.0. The molecule has 1 aromatic heterocycles. The highest BCUT2D eigenvalue weighted by atomic mass is 19.2. The van der Waals surface area contributed by atoms with Crippen LogP contribution in [0.5, 0.6) is 0 Å². The van der Waals surface area contributed by atoms with Gasteiger partial charge < -0.3 is 32.4 Å². The van der Waals surface area contributed by atoms with Crippen LogP contribution in [0.3, 0.4) is 0 Å². The van der Waals surface area contributed by atoms with Gasteiger partial charge in [0.05, 0.1) is 6.54 Å². The molecule has 3 heterocycles. The molecule has 0 spiro atoms. The first-order chi connectivity index (χ1) is 13.8. The van der Waals surface area contributed by atoms with Crippen LogP contribution < -0.4 is 5.32 Å². The fourth-order valence-corrected chi connectivity index (χ4v) is 3.96. The summed E-state index contributed by atoms with van der Waals surface area (Å²) in [6, 6.07) is 1.77. The molecule has 0 saturated heterocycles. The van der Waals surface area contributed by atoms with Gasteiger partial charge in [-0.2, -0.15) is 0 Å². The molecule has 0 bridgehead atoms. The van der Waals surface area contributed by atoms with Crippen LogP contribution in [0.1, 0.15) is 43.6 Å². The number of amides is 1. The third-order valence-corrected chi connectivity index (χ3v) is 5.19. The molecule has 0 atom stereocenters. The van der Waals surface area contributed by atoms with E-state index in [1.54, 1.807) is 31.2 Å². The summed E-state index contributed by atoms with van der Waals surface area (Å²) in [6.07, 6.45) is 4.97. The third kappa shape index (κ3) is 4.21. The molecule has 2 aliphatic heterocycles. The summed E-state index contributed by atoms with van der Waals surface area (Å²) in [6.45, 7) is 4.41. The number of fused-ring (bicyclic) bond motifs is 2. The molecule has 0 aromatic carbocycles. The first kappa shape index (κ1) is 21.5. The van der Waals surface area contributed by atoms with Crippen molar-refractivity contribution >= 4 is 24.7 Å². The van der Waals surface area contributed by atoms with Crippen molar-refractivity contribution in [3.05, 3.63) is 40.9 Å². The van der Waals surface area contributed by atoms with Crippen LogP contribution in [0.15, 0.2) is 23.9 Å². The summed E-state index contributed by atoms with van der Waals surface area (Å²) in [7, 11) is 0. The molecule has 29 heavy (non-hydrogen) atoms. The predicted molar refractivity (Wildman–Crippen MR) is 109 cm³/mol. The number of carbonyl (C=O) groups excluding carboxylic acids is 1. The summed E-state index contributed by atoms with van der Waals surface area (Å²) in [5.41, 5.74) is 2.81. The molecule has 9 heteroatoms. The van der Waals surface area contributed by atoms with Gasteiger partial charge in [0.1, 0.15) is 5.71 Å². The van der Waals surface area contributed by atoms with Crippen LogP contribution in [0.25, 0.3) is 6.08 Å². The molecular weight excluding hydrogens is 379 g/mol. The van der Waals surface area contributed by atoms with Gasteiger partial charge in [-0.3, -0.25) is 4.79 Å². The second-order valence-electron chi connectivity index (χ2n) is 7.22. The third-order valence-electron chi connectivity index (χ3n) is 5.19. The number of ether oxygens (including phenoxy) is 2. The molecule has 0 aliphatic carbocycles. The van der Waals surface area contributed by atoms with Gasteiger partial charge >= 0.3 is 6.97 Å². The van der Waals surface area contributed by atoms with E-state index >= 15 is 8.63 Å². The lowest BCUT2D eigenvalue weighted by molar-refractivity contribution is -0.362. The van der Waals surface area contributed by atoms with Gasteiger partial charge in [-0.25, -0.2) is 0 Å². The maximum absolute atomic E-state index is 15.3. The SMILES string of the molecule is CCOC(CNC(=O)CCC1=[N+]2C(=Cc3c(C)cc(C)n3[B-]2(F)F)C=C1)OCC. The fraction of sp³-hybridized carbons (Fsp3) is 0.500. The molecule has 0 radical (unpaired) electrons. The normalized spacial score (nSPS) is 16.9. The number of aromatic nitrogens is 1. The van der Waals surface area contributed by atoms with Crippen molar-refractivity contribution in [1.82, 2.24) is 9.79 Å². The molecule has 0 fully saturated rings. The molecule has 0 unspecified atom stereocenters. The summed E-state index contributed by atoms with van der Waals surface area (Å²) < 4.78 is 43.6. The highest BCUT2D eigenvalue weighted by molar-refractivity contribution is 6.58. The standard InChI is InChI=1S/C20H28BF2N3O3/c1-5-28-20(29-6-2)13-24-19(27)10-9-16-7-8-17-12-18-14(3)11-15(4)25(18)21(22,23)26(16)17/h7-8,11-12,20H,5-6,9-10,13H2,1-4H3,(H,24,27). The summed E-state index contributed by atoms with van der Waals surface area (Å²) >= 11 is 0. The van der Waals surface area contributed by atoms with E-state index < -0.39 is 13.3 Å². The molecular formula is C20H28BF2N3O3. The number of aryl methyl sites for hydroxylation is 2. The van der Waals surface area contributed by atoms with Gasteiger partial charge in [0.2, 0.25) is 5.91 Å². The lowest BCUT2D eigenvalue weighted by Crippen LogP contribution is -2.50. The van der Waals surface area contributed by atoms with Crippen molar-refractivity contribution in [2.75, 3.05) is 19.8 Å².